The van der Waals surface area contributed by atoms with Crippen molar-refractivity contribution in [3.8, 4) is 0 Å². The van der Waals surface area contributed by atoms with Crippen LogP contribution < -0.4 is 21.3 Å². The van der Waals surface area contributed by atoms with Crippen LogP contribution in [-0.4, -0.2) is 61.0 Å². The Kier molecular flexibility index (Phi) is 10.3. The smallest absolute Gasteiger partial charge is 0.356 e. The van der Waals surface area contributed by atoms with Gasteiger partial charge in [-0.15, -0.1) is 13.2 Å². The van der Waals surface area contributed by atoms with Gasteiger partial charge < -0.3 is 21.3 Å². The summed E-state index contributed by atoms with van der Waals surface area (Å²) < 4.78 is 54.9. The molecule has 38 heavy (non-hydrogen) atoms. The molecule has 2 rings (SSSR count). The van der Waals surface area contributed by atoms with Gasteiger partial charge >= 0.3 is 18.2 Å². The summed E-state index contributed by atoms with van der Waals surface area (Å²) in [6, 6.07) is 2.15. The van der Waals surface area contributed by atoms with Crippen LogP contribution in [0, 0.1) is 17.2 Å². The molecular formula is C24H30F4N4O6. The molecule has 1 aliphatic rings. The lowest BCUT2D eigenvalue weighted by Crippen LogP contribution is -2.55. The number of para-hydroxylation sites is 1. The first-order valence-corrected chi connectivity index (χ1v) is 11.7. The van der Waals surface area contributed by atoms with Gasteiger partial charge in [-0.2, -0.15) is 0 Å². The van der Waals surface area contributed by atoms with E-state index >= 15 is 0 Å². The number of carbonyl (C=O) groups excluding carboxylic acids is 5. The summed E-state index contributed by atoms with van der Waals surface area (Å²) in [7, 11) is 0. The molecule has 10 nitrogen and oxygen atoms in total. The summed E-state index contributed by atoms with van der Waals surface area (Å²) in [5.74, 6) is -6.59. The predicted molar refractivity (Wildman–Crippen MR) is 126 cm³/mol. The third-order valence-electron chi connectivity index (χ3n) is 5.53. The van der Waals surface area contributed by atoms with Gasteiger partial charge in [-0.25, -0.2) is 4.39 Å². The van der Waals surface area contributed by atoms with E-state index in [2.05, 4.69) is 26.0 Å². The maximum Gasteiger partial charge on any atom is 0.522 e. The number of benzene rings is 1. The average molecular weight is 547 g/mol. The van der Waals surface area contributed by atoms with Crippen molar-refractivity contribution < 1.29 is 46.3 Å². The standard InChI is InChI=1S/C24H30F4N4O6/c1-23(2,3)11-17(32-22(37)21(36)30-15-7-5-4-6-14(15)25)20(35)31-16(10-13-8-9-29-19(13)34)18(33)12-38-24(26,27)28/h4-7,13,16-17H,8-12H2,1-3H3,(H,29,34)(H,30,36)(H,31,35)(H,32,37). The number of Topliss-reactive ketones (excluding diaryl/α,β-unsaturated/α-hetero) is 1. The molecule has 0 aliphatic carbocycles. The zero-order valence-corrected chi connectivity index (χ0v) is 21.0. The van der Waals surface area contributed by atoms with Crippen molar-refractivity contribution in [2.45, 2.75) is 58.5 Å². The minimum absolute atomic E-state index is 0.0403. The molecule has 3 unspecified atom stereocenters. The Morgan fingerprint density at radius 1 is 1.05 bits per heavy atom. The highest BCUT2D eigenvalue weighted by molar-refractivity contribution is 6.40. The summed E-state index contributed by atoms with van der Waals surface area (Å²) in [6.07, 6.45) is -5.12. The molecule has 1 saturated heterocycles. The Morgan fingerprint density at radius 2 is 1.71 bits per heavy atom. The molecule has 0 saturated carbocycles. The number of hydrogen-bond acceptors (Lipinski definition) is 6. The van der Waals surface area contributed by atoms with Crippen LogP contribution in [0.3, 0.4) is 0 Å². The maximum atomic E-state index is 13.8. The number of halogens is 4. The van der Waals surface area contributed by atoms with E-state index in [-0.39, 0.29) is 18.5 Å². The minimum Gasteiger partial charge on any atom is -0.356 e. The monoisotopic (exact) mass is 546 g/mol. The Labute approximate surface area is 216 Å². The molecule has 1 aromatic carbocycles. The lowest BCUT2D eigenvalue weighted by atomic mass is 9.87. The van der Waals surface area contributed by atoms with E-state index in [1.165, 1.54) is 18.2 Å². The highest BCUT2D eigenvalue weighted by atomic mass is 19.4. The third kappa shape index (κ3) is 10.1. The van der Waals surface area contributed by atoms with Crippen molar-refractivity contribution in [2.75, 3.05) is 18.5 Å². The number of rotatable bonds is 10. The van der Waals surface area contributed by atoms with Gasteiger partial charge in [0.15, 0.2) is 5.78 Å². The van der Waals surface area contributed by atoms with E-state index in [4.69, 9.17) is 0 Å². The van der Waals surface area contributed by atoms with Crippen LogP contribution in [0.15, 0.2) is 24.3 Å². The van der Waals surface area contributed by atoms with Gasteiger partial charge in [0.25, 0.3) is 0 Å². The number of carbonyl (C=O) groups is 5. The Hall–Kier alpha value is -3.55. The first-order chi connectivity index (χ1) is 17.6. The Balaban J connectivity index is 2.18. The molecule has 210 valence electrons. The van der Waals surface area contributed by atoms with Crippen molar-refractivity contribution >= 4 is 35.1 Å². The fourth-order valence-electron chi connectivity index (χ4n) is 3.74. The van der Waals surface area contributed by atoms with Crippen molar-refractivity contribution in [2.24, 2.45) is 11.3 Å². The number of nitrogens with one attached hydrogen (secondary N) is 4. The molecule has 0 aromatic heterocycles. The van der Waals surface area contributed by atoms with Crippen molar-refractivity contribution in [3.05, 3.63) is 30.1 Å². The molecule has 1 aliphatic heterocycles. The van der Waals surface area contributed by atoms with Crippen LogP contribution in [0.4, 0.5) is 23.2 Å². The van der Waals surface area contributed by atoms with Gasteiger partial charge in [0.2, 0.25) is 11.8 Å². The number of anilines is 1. The second-order valence-electron chi connectivity index (χ2n) is 10.00. The second kappa shape index (κ2) is 12.8. The third-order valence-corrected chi connectivity index (χ3v) is 5.53. The van der Waals surface area contributed by atoms with E-state index in [1.807, 2.05) is 0 Å². The molecule has 0 radical (unpaired) electrons. The molecular weight excluding hydrogens is 516 g/mol. The van der Waals surface area contributed by atoms with Crippen LogP contribution in [0.25, 0.3) is 0 Å². The van der Waals surface area contributed by atoms with Gasteiger partial charge in [0.1, 0.15) is 18.5 Å². The Morgan fingerprint density at radius 3 is 2.26 bits per heavy atom. The fourth-order valence-corrected chi connectivity index (χ4v) is 3.74. The van der Waals surface area contributed by atoms with Crippen LogP contribution in [0.1, 0.15) is 40.0 Å². The number of alkyl halides is 3. The van der Waals surface area contributed by atoms with Crippen LogP contribution in [0.5, 0.6) is 0 Å². The van der Waals surface area contributed by atoms with Gasteiger partial charge in [-0.3, -0.25) is 28.7 Å². The Bertz CT molecular complexity index is 1060. The minimum atomic E-state index is -5.09. The van der Waals surface area contributed by atoms with Crippen LogP contribution in [0.2, 0.25) is 0 Å². The predicted octanol–water partition coefficient (Wildman–Crippen LogP) is 1.80. The average Bonchev–Trinajstić information content (AvgIpc) is 3.20. The molecule has 1 aromatic rings. The van der Waals surface area contributed by atoms with Crippen LogP contribution in [-0.2, 0) is 28.7 Å². The number of hydrogen-bond donors (Lipinski definition) is 4. The summed E-state index contributed by atoms with van der Waals surface area (Å²) in [4.78, 5) is 62.5. The van der Waals surface area contributed by atoms with E-state index in [0.717, 1.165) is 6.07 Å². The van der Waals surface area contributed by atoms with Crippen molar-refractivity contribution in [3.63, 3.8) is 0 Å². The largest absolute Gasteiger partial charge is 0.522 e. The summed E-state index contributed by atoms with van der Waals surface area (Å²) >= 11 is 0. The summed E-state index contributed by atoms with van der Waals surface area (Å²) in [6.45, 7) is 4.08. The topological polar surface area (TPSA) is 143 Å². The molecule has 14 heteroatoms. The van der Waals surface area contributed by atoms with Gasteiger partial charge in [0, 0.05) is 12.5 Å². The molecule has 4 amide bonds. The van der Waals surface area contributed by atoms with E-state index in [1.54, 1.807) is 20.8 Å². The normalized spacial score (nSPS) is 17.2. The zero-order valence-electron chi connectivity index (χ0n) is 21.0. The summed E-state index contributed by atoms with van der Waals surface area (Å²) in [5, 5.41) is 9.15. The molecule has 0 spiro atoms. The van der Waals surface area contributed by atoms with E-state index in [9.17, 15) is 41.5 Å². The second-order valence-corrected chi connectivity index (χ2v) is 10.00. The van der Waals surface area contributed by atoms with Gasteiger partial charge in [-0.05, 0) is 36.8 Å². The fraction of sp³-hybridized carbons (Fsp3) is 0.542. The first-order valence-electron chi connectivity index (χ1n) is 11.7. The van der Waals surface area contributed by atoms with Crippen molar-refractivity contribution in [1.82, 2.24) is 16.0 Å². The number of amides is 4. The lowest BCUT2D eigenvalue weighted by molar-refractivity contribution is -0.321. The number of ether oxygens (including phenoxy) is 1. The SMILES string of the molecule is CC(C)(C)CC(NC(=O)C(=O)Nc1ccccc1F)C(=O)NC(CC1CCNC1=O)C(=O)COC(F)(F)F. The highest BCUT2D eigenvalue weighted by Crippen LogP contribution is 2.23. The van der Waals surface area contributed by atoms with Gasteiger partial charge in [0.05, 0.1) is 11.7 Å². The van der Waals surface area contributed by atoms with E-state index in [0.29, 0.717) is 13.0 Å². The quantitative estimate of drug-likeness (QED) is 0.260. The molecule has 0 bridgehead atoms. The maximum absolute atomic E-state index is 13.8. The lowest BCUT2D eigenvalue weighted by Gasteiger charge is -2.28. The molecule has 4 N–H and O–H groups in total. The van der Waals surface area contributed by atoms with Crippen molar-refractivity contribution in [1.29, 1.82) is 0 Å². The molecule has 1 heterocycles. The number of ketones is 1. The molecule has 3 atom stereocenters. The highest BCUT2D eigenvalue weighted by Gasteiger charge is 2.37. The van der Waals surface area contributed by atoms with E-state index < -0.39 is 71.6 Å². The van der Waals surface area contributed by atoms with Crippen LogP contribution >= 0.6 is 0 Å². The first kappa shape index (κ1) is 30.7. The zero-order chi connectivity index (χ0) is 28.7. The van der Waals surface area contributed by atoms with Gasteiger partial charge in [-0.1, -0.05) is 32.9 Å². The summed E-state index contributed by atoms with van der Waals surface area (Å²) in [5.41, 5.74) is -0.865. The molecule has 1 fully saturated rings.